The Bertz CT molecular complexity index is 266. The molecule has 3 nitrogen and oxygen atoms in total. The molecular weight excluding hydrogens is 282 g/mol. The second-order valence-electron chi connectivity index (χ2n) is 6.96. The molecule has 3 N–H and O–H groups in total. The monoisotopic (exact) mass is 323 g/mol. The molecule has 0 radical (unpaired) electrons. The van der Waals surface area contributed by atoms with Gasteiger partial charge in [0.1, 0.15) is 0 Å². The van der Waals surface area contributed by atoms with E-state index in [4.69, 9.17) is 5.73 Å². The van der Waals surface area contributed by atoms with Crippen LogP contribution in [-0.4, -0.2) is 44.2 Å². The molecular formula is C20H41N3. The highest BCUT2D eigenvalue weighted by atomic mass is 15.1. The Morgan fingerprint density at radius 3 is 2.00 bits per heavy atom. The molecule has 0 amide bonds. The highest BCUT2D eigenvalue weighted by Gasteiger charge is 2.04. The van der Waals surface area contributed by atoms with Crippen LogP contribution in [0.1, 0.15) is 77.0 Å². The van der Waals surface area contributed by atoms with Gasteiger partial charge in [-0.1, -0.05) is 37.8 Å². The maximum Gasteiger partial charge on any atom is -0.000664 e. The van der Waals surface area contributed by atoms with E-state index in [0.717, 1.165) is 26.1 Å². The first-order valence-corrected chi connectivity index (χ1v) is 10.2. The highest BCUT2D eigenvalue weighted by molar-refractivity contribution is 4.81. The molecule has 0 saturated heterocycles. The zero-order valence-corrected chi connectivity index (χ0v) is 15.4. The van der Waals surface area contributed by atoms with E-state index >= 15 is 0 Å². The van der Waals surface area contributed by atoms with Gasteiger partial charge in [0.25, 0.3) is 0 Å². The summed E-state index contributed by atoms with van der Waals surface area (Å²) < 4.78 is 0. The lowest BCUT2D eigenvalue weighted by Crippen LogP contribution is -2.30. The van der Waals surface area contributed by atoms with Crippen LogP contribution in [0, 0.1) is 0 Å². The van der Waals surface area contributed by atoms with Crippen molar-refractivity contribution < 1.29 is 0 Å². The van der Waals surface area contributed by atoms with Crippen molar-refractivity contribution in [1.29, 1.82) is 0 Å². The normalized spacial score (nSPS) is 21.4. The summed E-state index contributed by atoms with van der Waals surface area (Å²) in [6.07, 6.45) is 20.9. The summed E-state index contributed by atoms with van der Waals surface area (Å²) in [6, 6.07) is 0. The summed E-state index contributed by atoms with van der Waals surface area (Å²) in [5.74, 6) is 0. The first-order valence-electron chi connectivity index (χ1n) is 10.2. The van der Waals surface area contributed by atoms with Gasteiger partial charge in [0.05, 0.1) is 0 Å². The number of nitrogens with one attached hydrogen (secondary N) is 1. The Hall–Kier alpha value is -0.380. The molecule has 136 valence electrons. The summed E-state index contributed by atoms with van der Waals surface area (Å²) in [5.41, 5.74) is 5.52. The molecule has 0 aliphatic carbocycles. The Labute approximate surface area is 145 Å². The Morgan fingerprint density at radius 2 is 1.30 bits per heavy atom. The van der Waals surface area contributed by atoms with Crippen LogP contribution in [0.2, 0.25) is 0 Å². The third-order valence-electron chi connectivity index (χ3n) is 4.74. The zero-order valence-electron chi connectivity index (χ0n) is 15.4. The first kappa shape index (κ1) is 20.7. The molecule has 0 atom stereocenters. The summed E-state index contributed by atoms with van der Waals surface area (Å²) in [5, 5.41) is 3.50. The number of nitrogens with two attached hydrogens (primary N) is 1. The molecule has 1 rings (SSSR count). The van der Waals surface area contributed by atoms with Gasteiger partial charge in [-0.25, -0.2) is 0 Å². The predicted molar refractivity (Wildman–Crippen MR) is 103 cm³/mol. The van der Waals surface area contributed by atoms with Crippen molar-refractivity contribution in [2.45, 2.75) is 77.0 Å². The molecule has 0 spiro atoms. The summed E-state index contributed by atoms with van der Waals surface area (Å²) in [7, 11) is 0. The van der Waals surface area contributed by atoms with E-state index in [1.54, 1.807) is 0 Å². The second kappa shape index (κ2) is 16.5. The summed E-state index contributed by atoms with van der Waals surface area (Å²) in [4.78, 5) is 2.71. The molecule has 1 aliphatic rings. The first-order chi connectivity index (χ1) is 11.4. The SMILES string of the molecule is NCCCNCCCN1CCCCC/C=C/CCCCCCC1. The van der Waals surface area contributed by atoms with Crippen LogP contribution < -0.4 is 11.1 Å². The van der Waals surface area contributed by atoms with Crippen molar-refractivity contribution in [3.8, 4) is 0 Å². The van der Waals surface area contributed by atoms with Crippen LogP contribution in [0.3, 0.4) is 0 Å². The lowest BCUT2D eigenvalue weighted by Gasteiger charge is -2.22. The quantitative estimate of drug-likeness (QED) is 0.548. The summed E-state index contributed by atoms with van der Waals surface area (Å²) >= 11 is 0. The van der Waals surface area contributed by atoms with E-state index in [0.29, 0.717) is 0 Å². The van der Waals surface area contributed by atoms with E-state index in [-0.39, 0.29) is 0 Å². The molecule has 0 aromatic carbocycles. The molecule has 3 heteroatoms. The van der Waals surface area contributed by atoms with E-state index in [9.17, 15) is 0 Å². The molecule has 1 aliphatic heterocycles. The maximum absolute atomic E-state index is 5.52. The van der Waals surface area contributed by atoms with Crippen LogP contribution >= 0.6 is 0 Å². The fourth-order valence-electron chi connectivity index (χ4n) is 3.25. The minimum atomic E-state index is 0.800. The molecule has 0 fully saturated rings. The fraction of sp³-hybridized carbons (Fsp3) is 0.900. The van der Waals surface area contributed by atoms with Gasteiger partial charge in [0.15, 0.2) is 0 Å². The van der Waals surface area contributed by atoms with E-state index < -0.39 is 0 Å². The molecule has 0 aromatic rings. The fourth-order valence-corrected chi connectivity index (χ4v) is 3.25. The number of hydrogen-bond donors (Lipinski definition) is 2. The topological polar surface area (TPSA) is 41.3 Å². The Balaban J connectivity index is 2.18. The highest BCUT2D eigenvalue weighted by Crippen LogP contribution is 2.10. The van der Waals surface area contributed by atoms with Crippen molar-refractivity contribution in [1.82, 2.24) is 10.2 Å². The van der Waals surface area contributed by atoms with Gasteiger partial charge in [-0.2, -0.15) is 0 Å². The van der Waals surface area contributed by atoms with Crippen molar-refractivity contribution in [2.75, 3.05) is 39.3 Å². The van der Waals surface area contributed by atoms with Crippen LogP contribution in [-0.2, 0) is 0 Å². The third kappa shape index (κ3) is 13.7. The van der Waals surface area contributed by atoms with E-state index in [1.807, 2.05) is 0 Å². The van der Waals surface area contributed by atoms with Gasteiger partial charge < -0.3 is 16.0 Å². The second-order valence-corrected chi connectivity index (χ2v) is 6.96. The van der Waals surface area contributed by atoms with E-state index in [2.05, 4.69) is 22.4 Å². The van der Waals surface area contributed by atoms with Gasteiger partial charge >= 0.3 is 0 Å². The molecule has 0 aromatic heterocycles. The smallest absolute Gasteiger partial charge is 0.000664 e. The summed E-state index contributed by atoms with van der Waals surface area (Å²) in [6.45, 7) is 6.88. The Morgan fingerprint density at radius 1 is 0.739 bits per heavy atom. The lowest BCUT2D eigenvalue weighted by molar-refractivity contribution is 0.256. The number of allylic oxidation sites excluding steroid dienone is 2. The standard InChI is InChI=1S/C20H41N3/c21-15-13-16-22-17-14-20-23-18-11-9-7-5-3-1-2-4-6-8-10-12-19-23/h1,3,22H,2,4-21H2/b3-1+. The number of rotatable bonds is 7. The van der Waals surface area contributed by atoms with Crippen molar-refractivity contribution in [2.24, 2.45) is 5.73 Å². The molecule has 0 unspecified atom stereocenters. The zero-order chi connectivity index (χ0) is 16.4. The maximum atomic E-state index is 5.52. The average molecular weight is 324 g/mol. The predicted octanol–water partition coefficient (Wildman–Crippen LogP) is 4.09. The van der Waals surface area contributed by atoms with Crippen LogP contribution in [0.4, 0.5) is 0 Å². The molecule has 1 heterocycles. The Kier molecular flexibility index (Phi) is 14.8. The van der Waals surface area contributed by atoms with Gasteiger partial charge in [0.2, 0.25) is 0 Å². The van der Waals surface area contributed by atoms with Crippen molar-refractivity contribution >= 4 is 0 Å². The van der Waals surface area contributed by atoms with Crippen LogP contribution in [0.25, 0.3) is 0 Å². The van der Waals surface area contributed by atoms with Crippen LogP contribution in [0.15, 0.2) is 12.2 Å². The third-order valence-corrected chi connectivity index (χ3v) is 4.74. The minimum absolute atomic E-state index is 0.800. The van der Waals surface area contributed by atoms with Crippen molar-refractivity contribution in [3.05, 3.63) is 12.2 Å². The number of hydrogen-bond acceptors (Lipinski definition) is 3. The van der Waals surface area contributed by atoms with Gasteiger partial charge in [-0.3, -0.25) is 0 Å². The van der Waals surface area contributed by atoms with Gasteiger partial charge in [-0.15, -0.1) is 0 Å². The van der Waals surface area contributed by atoms with Crippen molar-refractivity contribution in [3.63, 3.8) is 0 Å². The van der Waals surface area contributed by atoms with Gasteiger partial charge in [0, 0.05) is 0 Å². The average Bonchev–Trinajstić information content (AvgIpc) is 2.57. The molecule has 0 bridgehead atoms. The van der Waals surface area contributed by atoms with Gasteiger partial charge in [-0.05, 0) is 90.6 Å². The number of nitrogens with zero attached hydrogens (tertiary/aromatic N) is 1. The lowest BCUT2D eigenvalue weighted by atomic mass is 10.1. The van der Waals surface area contributed by atoms with Crippen LogP contribution in [0.5, 0.6) is 0 Å². The molecule has 0 saturated carbocycles. The minimum Gasteiger partial charge on any atom is -0.330 e. The van der Waals surface area contributed by atoms with E-state index in [1.165, 1.54) is 90.3 Å². The molecule has 23 heavy (non-hydrogen) atoms. The largest absolute Gasteiger partial charge is 0.330 e.